The highest BCUT2D eigenvalue weighted by Gasteiger charge is 2.32. The fraction of sp³-hybridized carbons (Fsp3) is 0.444. The molecule has 1 heterocycles. The predicted octanol–water partition coefficient (Wildman–Crippen LogP) is 5.06. The minimum Gasteiger partial charge on any atom is -0.497 e. The maximum absolute atomic E-state index is 14.4. The van der Waals surface area contributed by atoms with Gasteiger partial charge in [0.05, 0.1) is 42.4 Å². The number of carbonyl (C=O) groups is 2. The van der Waals surface area contributed by atoms with Crippen molar-refractivity contribution in [1.29, 1.82) is 0 Å². The van der Waals surface area contributed by atoms with Gasteiger partial charge in [-0.15, -0.1) is 0 Å². The van der Waals surface area contributed by atoms with E-state index in [9.17, 15) is 23.1 Å². The first-order valence-corrected chi connectivity index (χ1v) is 17.7. The van der Waals surface area contributed by atoms with E-state index < -0.39 is 28.1 Å². The summed E-state index contributed by atoms with van der Waals surface area (Å²) in [5, 5.41) is 13.1. The first-order valence-electron chi connectivity index (χ1n) is 16.3. The highest BCUT2D eigenvalue weighted by molar-refractivity contribution is 7.89. The molecule has 12 heteroatoms. The molecule has 11 nitrogen and oxygen atoms in total. The smallest absolute Gasteiger partial charge is 0.258 e. The second-order valence-corrected chi connectivity index (χ2v) is 14.3. The van der Waals surface area contributed by atoms with E-state index in [-0.39, 0.29) is 48.1 Å². The molecule has 3 aromatic rings. The Morgan fingerprint density at radius 3 is 2.46 bits per heavy atom. The maximum Gasteiger partial charge on any atom is 0.258 e. The molecule has 2 N–H and O–H groups in total. The monoisotopic (exact) mass is 681 g/mol. The second-order valence-electron chi connectivity index (χ2n) is 12.3. The Bertz CT molecular complexity index is 1620. The van der Waals surface area contributed by atoms with Gasteiger partial charge in [-0.25, -0.2) is 8.42 Å². The molecule has 1 aliphatic heterocycles. The number of benzene rings is 3. The topological polar surface area (TPSA) is 135 Å². The number of nitrogens with zero attached hydrogens (tertiary/aromatic N) is 2. The molecule has 1 aliphatic rings. The number of hydrogen-bond donors (Lipinski definition) is 2. The molecule has 0 aliphatic carbocycles. The molecule has 48 heavy (non-hydrogen) atoms. The van der Waals surface area contributed by atoms with Crippen LogP contribution in [0.2, 0.25) is 0 Å². The molecule has 4 rings (SSSR count). The summed E-state index contributed by atoms with van der Waals surface area (Å²) < 4.78 is 46.1. The largest absolute Gasteiger partial charge is 0.497 e. The van der Waals surface area contributed by atoms with E-state index in [1.807, 2.05) is 19.9 Å². The number of hydrogen-bond acceptors (Lipinski definition) is 8. The first-order chi connectivity index (χ1) is 22.9. The minimum absolute atomic E-state index is 0.0524. The standard InChI is InChI=1S/C36H47N3O8S/c1-25-22-39(26(2)24-40)36(42)32-21-29(37-35(41)28-12-7-6-8-13-28)14-19-33(32)47-27(3)11-9-10-20-46-34(25)23-38(4)48(43,44)31-17-15-30(45-5)16-18-31/h6-8,12-19,21,25-27,34,40H,9-11,20,22-24H2,1-5H3,(H,37,41)/t25-,26-,27+,34-/m0/s1. The Hall–Kier alpha value is -3.97. The number of ether oxygens (including phenoxy) is 3. The summed E-state index contributed by atoms with van der Waals surface area (Å²) >= 11 is 0. The molecule has 0 radical (unpaired) electrons. The number of likely N-dealkylation sites (N-methyl/N-ethyl adjacent to an activating group) is 1. The van der Waals surface area contributed by atoms with Crippen LogP contribution in [0.25, 0.3) is 0 Å². The van der Waals surface area contributed by atoms with Crippen LogP contribution in [-0.4, -0.2) is 93.3 Å². The lowest BCUT2D eigenvalue weighted by atomic mass is 10.0. The third-order valence-corrected chi connectivity index (χ3v) is 10.4. The van der Waals surface area contributed by atoms with E-state index in [4.69, 9.17) is 14.2 Å². The lowest BCUT2D eigenvalue weighted by Crippen LogP contribution is -2.48. The second kappa shape index (κ2) is 16.9. The predicted molar refractivity (Wildman–Crippen MR) is 184 cm³/mol. The highest BCUT2D eigenvalue weighted by Crippen LogP contribution is 2.29. The van der Waals surface area contributed by atoms with Gasteiger partial charge < -0.3 is 29.5 Å². The fourth-order valence-corrected chi connectivity index (χ4v) is 6.72. The third-order valence-electron chi connectivity index (χ3n) is 8.55. The first kappa shape index (κ1) is 36.9. The van der Waals surface area contributed by atoms with Crippen molar-refractivity contribution >= 4 is 27.5 Å². The summed E-state index contributed by atoms with van der Waals surface area (Å²) in [4.78, 5) is 29.0. The van der Waals surface area contributed by atoms with Crippen molar-refractivity contribution in [3.63, 3.8) is 0 Å². The lowest BCUT2D eigenvalue weighted by molar-refractivity contribution is -0.00834. The molecule has 0 fully saturated rings. The molecular weight excluding hydrogens is 634 g/mol. The van der Waals surface area contributed by atoms with Crippen molar-refractivity contribution in [3.8, 4) is 11.5 Å². The Morgan fingerprint density at radius 1 is 1.08 bits per heavy atom. The maximum atomic E-state index is 14.4. The summed E-state index contributed by atoms with van der Waals surface area (Å²) in [5.74, 6) is -0.112. The van der Waals surface area contributed by atoms with Crippen LogP contribution in [-0.2, 0) is 14.8 Å². The van der Waals surface area contributed by atoms with Crippen LogP contribution < -0.4 is 14.8 Å². The van der Waals surface area contributed by atoms with Crippen LogP contribution in [0.1, 0.15) is 60.7 Å². The van der Waals surface area contributed by atoms with Gasteiger partial charge in [-0.05, 0) is 87.7 Å². The van der Waals surface area contributed by atoms with Gasteiger partial charge in [-0.2, -0.15) is 4.31 Å². The Morgan fingerprint density at radius 2 is 1.79 bits per heavy atom. The van der Waals surface area contributed by atoms with Gasteiger partial charge in [0.25, 0.3) is 11.8 Å². The van der Waals surface area contributed by atoms with Crippen LogP contribution in [0.5, 0.6) is 11.5 Å². The lowest BCUT2D eigenvalue weighted by Gasteiger charge is -2.35. The normalized spacial score (nSPS) is 20.3. The van der Waals surface area contributed by atoms with Crippen LogP contribution in [0.4, 0.5) is 5.69 Å². The zero-order valence-electron chi connectivity index (χ0n) is 28.3. The van der Waals surface area contributed by atoms with E-state index in [0.717, 1.165) is 12.8 Å². The summed E-state index contributed by atoms with van der Waals surface area (Å²) in [6.07, 6.45) is 1.45. The van der Waals surface area contributed by atoms with Crippen molar-refractivity contribution in [3.05, 3.63) is 83.9 Å². The van der Waals surface area contributed by atoms with Crippen LogP contribution in [0.15, 0.2) is 77.7 Å². The fourth-order valence-electron chi connectivity index (χ4n) is 5.53. The Labute approximate surface area is 283 Å². The SMILES string of the molecule is COc1ccc(S(=O)(=O)N(C)C[C@@H]2OCCCC[C@@H](C)Oc3ccc(NC(=O)c4ccccc4)cc3C(=O)N([C@@H](C)CO)C[C@@H]2C)cc1. The minimum atomic E-state index is -3.85. The van der Waals surface area contributed by atoms with Gasteiger partial charge in [-0.3, -0.25) is 9.59 Å². The van der Waals surface area contributed by atoms with Crippen molar-refractivity contribution in [2.24, 2.45) is 5.92 Å². The van der Waals surface area contributed by atoms with Crippen LogP contribution in [0.3, 0.4) is 0 Å². The van der Waals surface area contributed by atoms with Crippen molar-refractivity contribution in [1.82, 2.24) is 9.21 Å². The Kier molecular flexibility index (Phi) is 13.0. The summed E-state index contributed by atoms with van der Waals surface area (Å²) in [7, 11) is -0.818. The number of aliphatic hydroxyl groups is 1. The number of methoxy groups -OCH3 is 1. The molecule has 0 aromatic heterocycles. The number of sulfonamides is 1. The van der Waals surface area contributed by atoms with Crippen molar-refractivity contribution < 1.29 is 37.3 Å². The van der Waals surface area contributed by atoms with Gasteiger partial charge in [-0.1, -0.05) is 25.1 Å². The van der Waals surface area contributed by atoms with E-state index >= 15 is 0 Å². The number of anilines is 1. The number of nitrogens with one attached hydrogen (secondary N) is 1. The van der Waals surface area contributed by atoms with Gasteiger partial charge >= 0.3 is 0 Å². The van der Waals surface area contributed by atoms with E-state index in [2.05, 4.69) is 5.32 Å². The number of carbonyl (C=O) groups excluding carboxylic acids is 2. The average Bonchev–Trinajstić information content (AvgIpc) is 3.09. The zero-order valence-corrected chi connectivity index (χ0v) is 29.1. The molecule has 0 unspecified atom stereocenters. The third kappa shape index (κ3) is 9.34. The molecule has 0 bridgehead atoms. The highest BCUT2D eigenvalue weighted by atomic mass is 32.2. The molecule has 260 valence electrons. The van der Waals surface area contributed by atoms with Gasteiger partial charge in [0, 0.05) is 43.9 Å². The van der Waals surface area contributed by atoms with Gasteiger partial charge in [0.15, 0.2) is 0 Å². The van der Waals surface area contributed by atoms with Crippen molar-refractivity contribution in [2.45, 2.75) is 63.2 Å². The van der Waals surface area contributed by atoms with Crippen LogP contribution >= 0.6 is 0 Å². The van der Waals surface area contributed by atoms with E-state index in [0.29, 0.717) is 35.8 Å². The molecule has 3 aromatic carbocycles. The Balaban J connectivity index is 1.64. The summed E-state index contributed by atoms with van der Waals surface area (Å²) in [6, 6.07) is 19.4. The van der Waals surface area contributed by atoms with Crippen LogP contribution in [0, 0.1) is 5.92 Å². The number of aliphatic hydroxyl groups excluding tert-OH is 1. The molecular formula is C36H47N3O8S. The summed E-state index contributed by atoms with van der Waals surface area (Å²) in [6.45, 7) is 5.91. The molecule has 4 atom stereocenters. The van der Waals surface area contributed by atoms with E-state index in [1.165, 1.54) is 30.6 Å². The zero-order chi connectivity index (χ0) is 34.8. The van der Waals surface area contributed by atoms with Crippen molar-refractivity contribution in [2.75, 3.05) is 45.8 Å². The van der Waals surface area contributed by atoms with E-state index in [1.54, 1.807) is 66.4 Å². The quantitative estimate of drug-likeness (QED) is 0.320. The number of amides is 2. The van der Waals surface area contributed by atoms with Gasteiger partial charge in [0.2, 0.25) is 10.0 Å². The average molecular weight is 682 g/mol. The number of fused-ring (bicyclic) bond motifs is 1. The molecule has 0 spiro atoms. The molecule has 2 amide bonds. The molecule has 0 saturated heterocycles. The summed E-state index contributed by atoms with van der Waals surface area (Å²) in [5.41, 5.74) is 1.14. The number of rotatable bonds is 9. The molecule has 0 saturated carbocycles. The van der Waals surface area contributed by atoms with Gasteiger partial charge in [0.1, 0.15) is 11.5 Å².